The van der Waals surface area contributed by atoms with Gasteiger partial charge in [0.2, 0.25) is 0 Å². The Hall–Kier alpha value is 0.460. The molecule has 0 bridgehead atoms. The Bertz CT molecular complexity index is 295. The van der Waals surface area contributed by atoms with Gasteiger partial charge in [-0.15, -0.1) is 0 Å². The maximum absolute atomic E-state index is 9.79. The minimum Gasteiger partial charge on any atom is -0.388 e. The lowest BCUT2D eigenvalue weighted by Gasteiger charge is -2.30. The van der Waals surface area contributed by atoms with E-state index in [0.717, 1.165) is 18.6 Å². The van der Waals surface area contributed by atoms with Crippen molar-refractivity contribution in [3.8, 4) is 0 Å². The number of ether oxygens (including phenoxy) is 3. The fraction of sp³-hybridized carbons (Fsp3) is 1.00. The molecule has 0 aromatic carbocycles. The van der Waals surface area contributed by atoms with Gasteiger partial charge in [-0.25, -0.2) is 4.89 Å². The van der Waals surface area contributed by atoms with E-state index in [0.29, 0.717) is 19.0 Å². The van der Waals surface area contributed by atoms with Gasteiger partial charge in [-0.1, -0.05) is 0 Å². The standard InChI is InChI=1S/C12H22O6S2/c13-9-7-14-11-10(9)15-8-12(11,16-3-1-5-19)18-17-4-2-6-20/h9-11,13,19-20H,1-8H2/t9-,10-,11+,12+/m1/s1. The van der Waals surface area contributed by atoms with Gasteiger partial charge in [0.25, 0.3) is 5.79 Å². The van der Waals surface area contributed by atoms with Crippen molar-refractivity contribution in [3.63, 3.8) is 0 Å². The minimum atomic E-state index is -1.11. The van der Waals surface area contributed by atoms with Gasteiger partial charge in [0, 0.05) is 0 Å². The number of fused-ring (bicyclic) bond motifs is 1. The third-order valence-corrected chi connectivity index (χ3v) is 3.90. The van der Waals surface area contributed by atoms with Gasteiger partial charge in [-0.3, -0.25) is 0 Å². The molecule has 4 atom stereocenters. The highest BCUT2D eigenvalue weighted by atomic mass is 32.1. The van der Waals surface area contributed by atoms with Crippen molar-refractivity contribution in [2.45, 2.75) is 36.9 Å². The molecule has 2 fully saturated rings. The molecule has 2 aliphatic rings. The molecule has 1 N–H and O–H groups in total. The lowest BCUT2D eigenvalue weighted by Crippen LogP contribution is -2.49. The number of hydrogen-bond donors (Lipinski definition) is 3. The van der Waals surface area contributed by atoms with Crippen molar-refractivity contribution >= 4 is 25.3 Å². The predicted octanol–water partition coefficient (Wildman–Crippen LogP) is 0.446. The quantitative estimate of drug-likeness (QED) is 0.188. The van der Waals surface area contributed by atoms with Crippen LogP contribution in [-0.2, 0) is 24.0 Å². The van der Waals surface area contributed by atoms with Crippen molar-refractivity contribution in [3.05, 3.63) is 0 Å². The Balaban J connectivity index is 1.93. The van der Waals surface area contributed by atoms with Gasteiger partial charge < -0.3 is 19.3 Å². The van der Waals surface area contributed by atoms with Crippen molar-refractivity contribution in [2.75, 3.05) is 37.9 Å². The predicted molar refractivity (Wildman–Crippen MR) is 78.1 cm³/mol. The van der Waals surface area contributed by atoms with Gasteiger partial charge in [0.1, 0.15) is 24.9 Å². The molecule has 0 aromatic rings. The molecular weight excluding hydrogens is 304 g/mol. The van der Waals surface area contributed by atoms with Crippen LogP contribution in [0.5, 0.6) is 0 Å². The van der Waals surface area contributed by atoms with Crippen LogP contribution in [0.3, 0.4) is 0 Å². The highest BCUT2D eigenvalue weighted by Crippen LogP contribution is 2.38. The molecular formula is C12H22O6S2. The molecule has 0 aliphatic carbocycles. The lowest BCUT2D eigenvalue weighted by molar-refractivity contribution is -0.441. The average molecular weight is 326 g/mol. The maximum Gasteiger partial charge on any atom is 0.254 e. The zero-order chi connectivity index (χ0) is 14.4. The van der Waals surface area contributed by atoms with E-state index in [-0.39, 0.29) is 13.2 Å². The van der Waals surface area contributed by atoms with Crippen molar-refractivity contribution < 1.29 is 29.1 Å². The zero-order valence-electron chi connectivity index (χ0n) is 11.3. The number of aliphatic hydroxyl groups is 1. The highest BCUT2D eigenvalue weighted by Gasteiger charge is 2.59. The fourth-order valence-electron chi connectivity index (χ4n) is 2.26. The van der Waals surface area contributed by atoms with Gasteiger partial charge in [-0.05, 0) is 24.3 Å². The van der Waals surface area contributed by atoms with Gasteiger partial charge >= 0.3 is 0 Å². The van der Waals surface area contributed by atoms with Gasteiger partial charge in [-0.2, -0.15) is 30.1 Å². The SMILES string of the molecule is O[C@@H]1CO[C@H]2[C@@H]1OC[C@]2(OCCCS)OOCCCS. The van der Waals surface area contributed by atoms with Gasteiger partial charge in [0.05, 0.1) is 19.8 Å². The molecule has 20 heavy (non-hydrogen) atoms. The smallest absolute Gasteiger partial charge is 0.254 e. The Morgan fingerprint density at radius 3 is 2.65 bits per heavy atom. The summed E-state index contributed by atoms with van der Waals surface area (Å²) in [6.07, 6.45) is -0.0108. The molecule has 2 heterocycles. The number of rotatable bonds is 9. The second-order valence-corrected chi connectivity index (χ2v) is 5.71. The summed E-state index contributed by atoms with van der Waals surface area (Å²) in [5.74, 6) is 0.325. The zero-order valence-corrected chi connectivity index (χ0v) is 13.1. The second kappa shape index (κ2) is 8.19. The monoisotopic (exact) mass is 326 g/mol. The number of aliphatic hydroxyl groups excluding tert-OH is 1. The molecule has 0 unspecified atom stereocenters. The molecule has 8 heteroatoms. The summed E-state index contributed by atoms with van der Waals surface area (Å²) < 4.78 is 16.9. The van der Waals surface area contributed by atoms with Crippen LogP contribution in [0.2, 0.25) is 0 Å². The largest absolute Gasteiger partial charge is 0.388 e. The first-order chi connectivity index (χ1) is 9.73. The van der Waals surface area contributed by atoms with E-state index in [9.17, 15) is 5.11 Å². The summed E-state index contributed by atoms with van der Waals surface area (Å²) in [5, 5.41) is 9.79. The second-order valence-electron chi connectivity index (χ2n) is 4.82. The highest BCUT2D eigenvalue weighted by molar-refractivity contribution is 7.80. The third kappa shape index (κ3) is 3.80. The van der Waals surface area contributed by atoms with Gasteiger partial charge in [0.15, 0.2) is 0 Å². The summed E-state index contributed by atoms with van der Waals surface area (Å²) in [5.41, 5.74) is 0. The first-order valence-corrected chi connectivity index (χ1v) is 8.07. The van der Waals surface area contributed by atoms with E-state index in [1.165, 1.54) is 0 Å². The van der Waals surface area contributed by atoms with E-state index in [4.69, 9.17) is 24.0 Å². The summed E-state index contributed by atoms with van der Waals surface area (Å²) in [4.78, 5) is 10.7. The topological polar surface area (TPSA) is 66.4 Å². The summed E-state index contributed by atoms with van der Waals surface area (Å²) in [6.45, 7) is 1.27. The normalized spacial score (nSPS) is 36.5. The molecule has 2 saturated heterocycles. The summed E-state index contributed by atoms with van der Waals surface area (Å²) in [6, 6.07) is 0. The van der Waals surface area contributed by atoms with E-state index in [2.05, 4.69) is 25.3 Å². The number of hydrogen-bond acceptors (Lipinski definition) is 8. The van der Waals surface area contributed by atoms with Crippen LogP contribution in [0, 0.1) is 0 Å². The molecule has 2 aliphatic heterocycles. The molecule has 0 radical (unpaired) electrons. The molecule has 0 aromatic heterocycles. The van der Waals surface area contributed by atoms with Crippen LogP contribution in [0.15, 0.2) is 0 Å². The minimum absolute atomic E-state index is 0.173. The van der Waals surface area contributed by atoms with Crippen LogP contribution in [0.1, 0.15) is 12.8 Å². The van der Waals surface area contributed by atoms with Crippen LogP contribution < -0.4 is 0 Å². The van der Waals surface area contributed by atoms with E-state index in [1.54, 1.807) is 0 Å². The Kier molecular flexibility index (Phi) is 6.89. The average Bonchev–Trinajstić information content (AvgIpc) is 2.99. The van der Waals surface area contributed by atoms with E-state index >= 15 is 0 Å². The van der Waals surface area contributed by atoms with Crippen molar-refractivity contribution in [1.29, 1.82) is 0 Å². The number of thiol groups is 2. The molecule has 0 amide bonds. The Morgan fingerprint density at radius 1 is 1.15 bits per heavy atom. The third-order valence-electron chi connectivity index (χ3n) is 3.27. The van der Waals surface area contributed by atoms with E-state index < -0.39 is 24.1 Å². The van der Waals surface area contributed by atoms with Crippen molar-refractivity contribution in [2.24, 2.45) is 0 Å². The summed E-state index contributed by atoms with van der Waals surface area (Å²) in [7, 11) is 0. The van der Waals surface area contributed by atoms with E-state index in [1.807, 2.05) is 0 Å². The van der Waals surface area contributed by atoms with Crippen LogP contribution in [0.4, 0.5) is 0 Å². The van der Waals surface area contributed by atoms with Crippen molar-refractivity contribution in [1.82, 2.24) is 0 Å². The Morgan fingerprint density at radius 2 is 1.90 bits per heavy atom. The maximum atomic E-state index is 9.79. The Labute approximate surface area is 129 Å². The van der Waals surface area contributed by atoms with Crippen LogP contribution >= 0.6 is 25.3 Å². The fourth-order valence-corrected chi connectivity index (χ4v) is 2.52. The first kappa shape index (κ1) is 16.8. The molecule has 118 valence electrons. The molecule has 6 nitrogen and oxygen atoms in total. The van der Waals surface area contributed by atoms with Crippen LogP contribution in [-0.4, -0.2) is 67.1 Å². The summed E-state index contributed by atoms with van der Waals surface area (Å²) >= 11 is 8.26. The first-order valence-electron chi connectivity index (χ1n) is 6.81. The molecule has 2 rings (SSSR count). The molecule has 0 spiro atoms. The van der Waals surface area contributed by atoms with Crippen LogP contribution in [0.25, 0.3) is 0 Å². The molecule has 0 saturated carbocycles. The lowest BCUT2D eigenvalue weighted by atomic mass is 10.1.